The predicted octanol–water partition coefficient (Wildman–Crippen LogP) is 0.103. The number of halogens is 1. The third-order valence-electron chi connectivity index (χ3n) is 2.06. The lowest BCUT2D eigenvalue weighted by molar-refractivity contribution is -0.131. The van der Waals surface area contributed by atoms with E-state index in [0.717, 1.165) is 5.54 Å². The van der Waals surface area contributed by atoms with Gasteiger partial charge in [0.2, 0.25) is 5.91 Å². The van der Waals surface area contributed by atoms with E-state index in [1.54, 1.807) is 0 Å². The van der Waals surface area contributed by atoms with Gasteiger partial charge in [-0.1, -0.05) is 6.92 Å². The minimum Gasteiger partial charge on any atom is -0.381 e. The van der Waals surface area contributed by atoms with Crippen molar-refractivity contribution in [3.63, 3.8) is 0 Å². The summed E-state index contributed by atoms with van der Waals surface area (Å²) in [5.74, 6) is -2.19. The number of carbonyl (C=O) groups is 2. The Kier molecular flexibility index (Phi) is 7.45. The van der Waals surface area contributed by atoms with Gasteiger partial charge in [0.25, 0.3) is 5.91 Å². The van der Waals surface area contributed by atoms with Gasteiger partial charge in [0.1, 0.15) is 0 Å². The summed E-state index contributed by atoms with van der Waals surface area (Å²) in [4.78, 5) is 21.7. The highest BCUT2D eigenvalue weighted by Crippen LogP contribution is 2.03. The van der Waals surface area contributed by atoms with E-state index < -0.39 is 17.7 Å². The van der Waals surface area contributed by atoms with Crippen LogP contribution >= 0.6 is 0 Å². The largest absolute Gasteiger partial charge is 0.381 e. The summed E-state index contributed by atoms with van der Waals surface area (Å²) in [5.41, 5.74) is 1.03. The lowest BCUT2D eigenvalue weighted by atomic mass is 10.1. The van der Waals surface area contributed by atoms with E-state index in [1.807, 2.05) is 0 Å². The van der Waals surface area contributed by atoms with Crippen molar-refractivity contribution in [1.29, 1.82) is 0 Å². The zero-order chi connectivity index (χ0) is 12.6. The molecule has 2 unspecified atom stereocenters. The lowest BCUT2D eigenvalue weighted by Gasteiger charge is -2.11. The molecule has 0 bridgehead atoms. The normalized spacial score (nSPS) is 14.0. The number of ether oxygens (including phenoxy) is 1. The van der Waals surface area contributed by atoms with Gasteiger partial charge in [0.05, 0.1) is 12.5 Å². The maximum absolute atomic E-state index is 11.7. The Hall–Kier alpha value is -1.17. The van der Waals surface area contributed by atoms with Crippen molar-refractivity contribution in [2.75, 3.05) is 20.3 Å². The van der Waals surface area contributed by atoms with E-state index in [0.29, 0.717) is 6.42 Å². The number of carbonyl (C=O) groups excluding carboxylic acids is 2. The topological polar surface area (TPSA) is 67.4 Å². The van der Waals surface area contributed by atoms with Crippen LogP contribution in [0.2, 0.25) is 0 Å². The molecule has 0 aliphatic rings. The van der Waals surface area contributed by atoms with Gasteiger partial charge < -0.3 is 10.1 Å². The summed E-state index contributed by atoms with van der Waals surface area (Å²) in [7, 11) is 1.50. The fourth-order valence-electron chi connectivity index (χ4n) is 0.956. The molecular weight excluding hydrogens is 215 g/mol. The van der Waals surface area contributed by atoms with Crippen LogP contribution in [0.1, 0.15) is 13.3 Å². The molecule has 0 aliphatic carbocycles. The molecule has 5 nitrogen and oxygen atoms in total. The molecule has 16 heavy (non-hydrogen) atoms. The molecule has 0 spiro atoms. The minimum atomic E-state index is -0.726. The van der Waals surface area contributed by atoms with Gasteiger partial charge in [-0.2, -0.15) is 5.54 Å². The maximum Gasteiger partial charge on any atom is 0.252 e. The number of rotatable bonds is 7. The molecule has 0 aliphatic heterocycles. The van der Waals surface area contributed by atoms with Crippen LogP contribution in [0.5, 0.6) is 0 Å². The summed E-state index contributed by atoms with van der Waals surface area (Å²) in [6.45, 7) is 7.38. The monoisotopic (exact) mass is 232 g/mol. The molecule has 0 fully saturated rings. The van der Waals surface area contributed by atoms with Crippen molar-refractivity contribution in [2.45, 2.75) is 13.3 Å². The molecule has 0 aromatic carbocycles. The van der Waals surface area contributed by atoms with E-state index in [9.17, 15) is 14.1 Å². The second kappa shape index (κ2) is 8.04. The van der Waals surface area contributed by atoms with Gasteiger partial charge in [-0.05, 0) is 13.3 Å². The zero-order valence-electron chi connectivity index (χ0n) is 9.46. The second-order valence-electron chi connectivity index (χ2n) is 3.44. The van der Waals surface area contributed by atoms with E-state index in [2.05, 4.69) is 5.32 Å². The van der Waals surface area contributed by atoms with Crippen LogP contribution in [-0.4, -0.2) is 32.1 Å². The van der Waals surface area contributed by atoms with Gasteiger partial charge in [0, 0.05) is 19.6 Å². The maximum atomic E-state index is 11.7. The SMILES string of the molecule is [CH]C(CCOCC(C)C(=O)NF)C(=O)NC. The quantitative estimate of drug-likeness (QED) is 0.483. The van der Waals surface area contributed by atoms with Gasteiger partial charge in [0.15, 0.2) is 0 Å². The summed E-state index contributed by atoms with van der Waals surface area (Å²) >= 11 is 0. The van der Waals surface area contributed by atoms with Crippen molar-refractivity contribution in [2.24, 2.45) is 11.8 Å². The van der Waals surface area contributed by atoms with Crippen molar-refractivity contribution < 1.29 is 18.8 Å². The van der Waals surface area contributed by atoms with Crippen molar-refractivity contribution in [3.05, 3.63) is 6.92 Å². The van der Waals surface area contributed by atoms with Crippen molar-refractivity contribution in [3.8, 4) is 0 Å². The first-order chi connectivity index (χ1) is 7.52. The molecule has 0 saturated carbocycles. The molecule has 92 valence electrons. The second-order valence-corrected chi connectivity index (χ2v) is 3.44. The third kappa shape index (κ3) is 5.65. The van der Waals surface area contributed by atoms with Crippen molar-refractivity contribution in [1.82, 2.24) is 10.9 Å². The Morgan fingerprint density at radius 1 is 1.44 bits per heavy atom. The van der Waals surface area contributed by atoms with Crippen LogP contribution in [-0.2, 0) is 14.3 Å². The highest BCUT2D eigenvalue weighted by Gasteiger charge is 2.14. The van der Waals surface area contributed by atoms with Gasteiger partial charge >= 0.3 is 0 Å². The summed E-state index contributed by atoms with van der Waals surface area (Å²) < 4.78 is 16.8. The highest BCUT2D eigenvalue weighted by atomic mass is 19.2. The first kappa shape index (κ1) is 14.8. The third-order valence-corrected chi connectivity index (χ3v) is 2.06. The Morgan fingerprint density at radius 2 is 2.06 bits per heavy atom. The summed E-state index contributed by atoms with van der Waals surface area (Å²) in [5, 5.41) is 2.41. The number of nitrogens with one attached hydrogen (secondary N) is 2. The fraction of sp³-hybridized carbons (Fsp3) is 0.700. The van der Waals surface area contributed by atoms with E-state index in [-0.39, 0.29) is 19.1 Å². The Labute approximate surface area is 94.7 Å². The minimum absolute atomic E-state index is 0.0935. The summed E-state index contributed by atoms with van der Waals surface area (Å²) in [6.07, 6.45) is 0.351. The number of amides is 2. The Morgan fingerprint density at radius 3 is 2.56 bits per heavy atom. The van der Waals surface area contributed by atoms with Crippen LogP contribution in [0.25, 0.3) is 0 Å². The number of hydrogen-bond donors (Lipinski definition) is 2. The van der Waals surface area contributed by atoms with Crippen LogP contribution in [0.3, 0.4) is 0 Å². The lowest BCUT2D eigenvalue weighted by Crippen LogP contribution is -2.28. The predicted molar refractivity (Wildman–Crippen MR) is 55.7 cm³/mol. The molecule has 2 radical (unpaired) electrons. The van der Waals surface area contributed by atoms with Crippen LogP contribution in [0.15, 0.2) is 0 Å². The van der Waals surface area contributed by atoms with Crippen LogP contribution < -0.4 is 10.9 Å². The van der Waals surface area contributed by atoms with Gasteiger partial charge in [-0.3, -0.25) is 9.59 Å². The molecule has 2 atom stereocenters. The standard InChI is InChI=1S/C10H17FN2O3/c1-7(9(14)12-3)4-5-16-6-8(2)10(15)13-11/h1,7-8H,4-6H2,2-3H3,(H,12,14)(H,13,15). The number of hydrogen-bond acceptors (Lipinski definition) is 3. The average molecular weight is 232 g/mol. The first-order valence-electron chi connectivity index (χ1n) is 4.98. The zero-order valence-corrected chi connectivity index (χ0v) is 9.46. The highest BCUT2D eigenvalue weighted by molar-refractivity contribution is 5.78. The van der Waals surface area contributed by atoms with E-state index in [4.69, 9.17) is 11.7 Å². The molecule has 2 N–H and O–H groups in total. The van der Waals surface area contributed by atoms with Crippen molar-refractivity contribution >= 4 is 11.8 Å². The molecule has 0 heterocycles. The average Bonchev–Trinajstić information content (AvgIpc) is 2.31. The van der Waals surface area contributed by atoms with Gasteiger partial charge in [-0.15, -0.1) is 4.48 Å². The molecule has 0 aromatic heterocycles. The van der Waals surface area contributed by atoms with Gasteiger partial charge in [-0.25, -0.2) is 0 Å². The summed E-state index contributed by atoms with van der Waals surface area (Å²) in [6, 6.07) is 0. The van der Waals surface area contributed by atoms with Crippen LogP contribution in [0, 0.1) is 18.8 Å². The van der Waals surface area contributed by atoms with E-state index >= 15 is 0 Å². The molecule has 0 rings (SSSR count). The first-order valence-corrected chi connectivity index (χ1v) is 4.98. The fourth-order valence-corrected chi connectivity index (χ4v) is 0.956. The molecule has 6 heteroatoms. The molecule has 0 aromatic rings. The smallest absolute Gasteiger partial charge is 0.252 e. The van der Waals surface area contributed by atoms with E-state index in [1.165, 1.54) is 14.0 Å². The Balaban J connectivity index is 3.60. The molecule has 2 amide bonds. The van der Waals surface area contributed by atoms with Crippen LogP contribution in [0.4, 0.5) is 4.48 Å². The molecular formula is C10H17FN2O3. The molecule has 0 saturated heterocycles. The Bertz CT molecular complexity index is 212.